The van der Waals surface area contributed by atoms with E-state index < -0.39 is 0 Å². The van der Waals surface area contributed by atoms with E-state index in [2.05, 4.69) is 21.5 Å². The highest BCUT2D eigenvalue weighted by molar-refractivity contribution is 5.23. The minimum absolute atomic E-state index is 0.0807. The molecule has 0 unspecified atom stereocenters. The fourth-order valence-corrected chi connectivity index (χ4v) is 0.658. The highest BCUT2D eigenvalue weighted by Gasteiger charge is 1.92. The summed E-state index contributed by atoms with van der Waals surface area (Å²) in [6, 6.07) is 1.70. The maximum absolute atomic E-state index is 8.47. The monoisotopic (exact) mass is 152 g/mol. The molecule has 0 amide bonds. The molecule has 1 rings (SSSR count). The van der Waals surface area contributed by atoms with E-state index in [1.54, 1.807) is 6.07 Å². The standard InChI is InChI=1S/C7H10N3O/c1-6-2-3-8-7(10-6)9-4-5-11/h2,11H,4-5H2,1H3,(H,8,9,10). The molecular weight excluding hydrogens is 142 g/mol. The molecule has 1 heterocycles. The predicted octanol–water partition coefficient (Wildman–Crippen LogP) is -0.0106. The van der Waals surface area contributed by atoms with Crippen molar-refractivity contribution >= 4 is 5.95 Å². The lowest BCUT2D eigenvalue weighted by molar-refractivity contribution is 0.311. The molecule has 0 saturated carbocycles. The molecule has 0 atom stereocenters. The van der Waals surface area contributed by atoms with Gasteiger partial charge in [-0.2, -0.15) is 0 Å². The number of nitrogens with zero attached hydrogens (tertiary/aromatic N) is 2. The van der Waals surface area contributed by atoms with Crippen LogP contribution in [0.5, 0.6) is 0 Å². The van der Waals surface area contributed by atoms with Crippen LogP contribution in [-0.4, -0.2) is 28.2 Å². The molecule has 1 radical (unpaired) electrons. The quantitative estimate of drug-likeness (QED) is 0.639. The molecule has 59 valence electrons. The number of rotatable bonds is 3. The Hall–Kier alpha value is -1.16. The molecule has 0 spiro atoms. The second kappa shape index (κ2) is 3.88. The smallest absolute Gasteiger partial charge is 0.223 e. The number of nitrogens with one attached hydrogen (secondary N) is 1. The average molecular weight is 152 g/mol. The van der Waals surface area contributed by atoms with Crippen molar-refractivity contribution in [3.8, 4) is 0 Å². The van der Waals surface area contributed by atoms with Gasteiger partial charge >= 0.3 is 0 Å². The van der Waals surface area contributed by atoms with Crippen molar-refractivity contribution in [3.05, 3.63) is 18.0 Å². The van der Waals surface area contributed by atoms with E-state index in [9.17, 15) is 0 Å². The Morgan fingerprint density at radius 3 is 3.18 bits per heavy atom. The van der Waals surface area contributed by atoms with Gasteiger partial charge in [0.2, 0.25) is 5.95 Å². The molecule has 0 bridgehead atoms. The number of hydrogen-bond donors (Lipinski definition) is 2. The first-order valence-electron chi connectivity index (χ1n) is 3.39. The van der Waals surface area contributed by atoms with E-state index in [1.807, 2.05) is 6.92 Å². The number of hydrogen-bond acceptors (Lipinski definition) is 4. The van der Waals surface area contributed by atoms with Gasteiger partial charge < -0.3 is 10.4 Å². The maximum Gasteiger partial charge on any atom is 0.223 e. The zero-order valence-corrected chi connectivity index (χ0v) is 6.33. The molecule has 0 saturated heterocycles. The van der Waals surface area contributed by atoms with E-state index >= 15 is 0 Å². The van der Waals surface area contributed by atoms with Gasteiger partial charge in [0.05, 0.1) is 12.8 Å². The van der Waals surface area contributed by atoms with Crippen LogP contribution in [0.4, 0.5) is 5.95 Å². The Balaban J connectivity index is 2.56. The Bertz CT molecular complexity index is 227. The summed E-state index contributed by atoms with van der Waals surface area (Å²) < 4.78 is 0. The van der Waals surface area contributed by atoms with Crippen LogP contribution in [-0.2, 0) is 0 Å². The van der Waals surface area contributed by atoms with Crippen LogP contribution in [0.3, 0.4) is 0 Å². The Morgan fingerprint density at radius 1 is 1.73 bits per heavy atom. The van der Waals surface area contributed by atoms with Crippen LogP contribution in [0.1, 0.15) is 5.69 Å². The number of aliphatic hydroxyl groups excluding tert-OH is 1. The first kappa shape index (κ1) is 7.94. The Kier molecular flexibility index (Phi) is 2.80. The summed E-state index contributed by atoms with van der Waals surface area (Å²) >= 11 is 0. The molecule has 0 aliphatic rings. The highest BCUT2D eigenvalue weighted by atomic mass is 16.3. The van der Waals surface area contributed by atoms with Crippen molar-refractivity contribution in [1.29, 1.82) is 0 Å². The first-order chi connectivity index (χ1) is 5.33. The molecule has 4 heteroatoms. The lowest BCUT2D eigenvalue weighted by Crippen LogP contribution is -2.08. The van der Waals surface area contributed by atoms with Crippen LogP contribution in [0.25, 0.3) is 0 Å². The summed E-state index contributed by atoms with van der Waals surface area (Å²) in [5, 5.41) is 11.3. The summed E-state index contributed by atoms with van der Waals surface area (Å²) in [5.74, 6) is 0.513. The van der Waals surface area contributed by atoms with Gasteiger partial charge in [-0.25, -0.2) is 9.97 Å². The van der Waals surface area contributed by atoms with Crippen molar-refractivity contribution in [1.82, 2.24) is 9.97 Å². The molecule has 1 aromatic rings. The molecule has 0 aliphatic carbocycles. The molecule has 0 aromatic carbocycles. The largest absolute Gasteiger partial charge is 0.395 e. The van der Waals surface area contributed by atoms with Gasteiger partial charge in [-0.1, -0.05) is 0 Å². The lowest BCUT2D eigenvalue weighted by atomic mass is 10.5. The summed E-state index contributed by atoms with van der Waals surface area (Å²) in [4.78, 5) is 7.86. The SMILES string of the molecule is Cc1c[c]nc(NCCO)n1. The Labute approximate surface area is 65.3 Å². The van der Waals surface area contributed by atoms with Gasteiger partial charge in [0.15, 0.2) is 0 Å². The maximum atomic E-state index is 8.47. The van der Waals surface area contributed by atoms with E-state index in [-0.39, 0.29) is 6.61 Å². The Morgan fingerprint density at radius 2 is 2.55 bits per heavy atom. The third-order valence-corrected chi connectivity index (χ3v) is 1.12. The van der Waals surface area contributed by atoms with Gasteiger partial charge in [0.25, 0.3) is 0 Å². The van der Waals surface area contributed by atoms with Crippen molar-refractivity contribution < 1.29 is 5.11 Å². The van der Waals surface area contributed by atoms with Crippen molar-refractivity contribution in [2.45, 2.75) is 6.92 Å². The second-order valence-electron chi connectivity index (χ2n) is 2.11. The average Bonchev–Trinajstić information content (AvgIpc) is 2.01. The molecule has 2 N–H and O–H groups in total. The third-order valence-electron chi connectivity index (χ3n) is 1.12. The van der Waals surface area contributed by atoms with Crippen molar-refractivity contribution in [3.63, 3.8) is 0 Å². The number of aromatic nitrogens is 2. The normalized spacial score (nSPS) is 9.64. The molecular formula is C7H10N3O. The highest BCUT2D eigenvalue weighted by Crippen LogP contribution is 1.96. The van der Waals surface area contributed by atoms with Gasteiger partial charge in [-0.15, -0.1) is 0 Å². The number of aryl methyl sites for hydroxylation is 1. The van der Waals surface area contributed by atoms with Gasteiger partial charge in [-0.3, -0.25) is 0 Å². The van der Waals surface area contributed by atoms with Gasteiger partial charge in [0.1, 0.15) is 0 Å². The van der Waals surface area contributed by atoms with Crippen LogP contribution < -0.4 is 5.32 Å². The van der Waals surface area contributed by atoms with Crippen LogP contribution in [0.2, 0.25) is 0 Å². The zero-order chi connectivity index (χ0) is 8.10. The topological polar surface area (TPSA) is 58.0 Å². The van der Waals surface area contributed by atoms with Crippen LogP contribution in [0, 0.1) is 13.1 Å². The van der Waals surface area contributed by atoms with Crippen LogP contribution >= 0.6 is 0 Å². The predicted molar refractivity (Wildman–Crippen MR) is 41.2 cm³/mol. The van der Waals surface area contributed by atoms with E-state index in [4.69, 9.17) is 5.11 Å². The van der Waals surface area contributed by atoms with Crippen LogP contribution in [0.15, 0.2) is 6.07 Å². The third kappa shape index (κ3) is 2.51. The van der Waals surface area contributed by atoms with Crippen molar-refractivity contribution in [2.75, 3.05) is 18.5 Å². The molecule has 1 aromatic heterocycles. The van der Waals surface area contributed by atoms with Crippen molar-refractivity contribution in [2.24, 2.45) is 0 Å². The van der Waals surface area contributed by atoms with E-state index in [1.165, 1.54) is 0 Å². The lowest BCUT2D eigenvalue weighted by Gasteiger charge is -2.00. The number of aliphatic hydroxyl groups is 1. The fraction of sp³-hybridized carbons (Fsp3) is 0.429. The molecule has 0 aliphatic heterocycles. The first-order valence-corrected chi connectivity index (χ1v) is 3.39. The molecule has 4 nitrogen and oxygen atoms in total. The zero-order valence-electron chi connectivity index (χ0n) is 6.33. The minimum Gasteiger partial charge on any atom is -0.395 e. The van der Waals surface area contributed by atoms with Gasteiger partial charge in [0, 0.05) is 12.2 Å². The number of anilines is 1. The second-order valence-corrected chi connectivity index (χ2v) is 2.11. The molecule has 11 heavy (non-hydrogen) atoms. The summed E-state index contributed by atoms with van der Waals surface area (Å²) in [6.45, 7) is 2.41. The fourth-order valence-electron chi connectivity index (χ4n) is 0.658. The molecule has 0 fully saturated rings. The summed E-state index contributed by atoms with van der Waals surface area (Å²) in [5.41, 5.74) is 0.862. The van der Waals surface area contributed by atoms with Gasteiger partial charge in [-0.05, 0) is 13.0 Å². The van der Waals surface area contributed by atoms with E-state index in [0.717, 1.165) is 5.69 Å². The minimum atomic E-state index is 0.0807. The summed E-state index contributed by atoms with van der Waals surface area (Å²) in [6.07, 6.45) is 2.68. The van der Waals surface area contributed by atoms with E-state index in [0.29, 0.717) is 12.5 Å². The summed E-state index contributed by atoms with van der Waals surface area (Å²) in [7, 11) is 0.